The lowest BCUT2D eigenvalue weighted by Gasteiger charge is -2.22. The number of halogens is 1. The highest BCUT2D eigenvalue weighted by molar-refractivity contribution is 7.21. The Morgan fingerprint density at radius 1 is 1.13 bits per heavy atom. The molecule has 2 nitrogen and oxygen atoms in total. The third kappa shape index (κ3) is 3.22. The maximum atomic E-state index is 5.93. The van der Waals surface area contributed by atoms with Crippen LogP contribution in [0.2, 0.25) is 0 Å². The van der Waals surface area contributed by atoms with Crippen LogP contribution in [0.4, 0.5) is 0 Å². The van der Waals surface area contributed by atoms with Gasteiger partial charge in [0.25, 0.3) is 0 Å². The predicted octanol–water partition coefficient (Wildman–Crippen LogP) is 6.01. The number of methoxy groups -OCH3 is 1. The number of ether oxygens (including phenoxy) is 1. The lowest BCUT2D eigenvalue weighted by atomic mass is 9.85. The summed E-state index contributed by atoms with van der Waals surface area (Å²) in [7, 11) is 1.72. The van der Waals surface area contributed by atoms with Crippen molar-refractivity contribution in [2.45, 2.75) is 32.1 Å². The van der Waals surface area contributed by atoms with Crippen molar-refractivity contribution in [1.82, 2.24) is 4.98 Å². The maximum Gasteiger partial charge on any atom is 0.124 e. The number of nitrogens with zero attached hydrogens (tertiary/aromatic N) is 1. The zero-order valence-corrected chi connectivity index (χ0v) is 15.4. The van der Waals surface area contributed by atoms with Gasteiger partial charge in [-0.05, 0) is 41.3 Å². The monoisotopic (exact) mass is 345 g/mol. The van der Waals surface area contributed by atoms with E-state index in [0.717, 1.165) is 27.4 Å². The number of thiazole rings is 1. The fraction of sp³-hybridized carbons (Fsp3) is 0.316. The van der Waals surface area contributed by atoms with Crippen molar-refractivity contribution in [3.8, 4) is 16.3 Å². The molecule has 0 atom stereocenters. The molecule has 0 bridgehead atoms. The molecular weight excluding hydrogens is 326 g/mol. The van der Waals surface area contributed by atoms with Gasteiger partial charge in [0.1, 0.15) is 10.8 Å². The lowest BCUT2D eigenvalue weighted by molar-refractivity contribution is 0.397. The first-order valence-corrected chi connectivity index (χ1v) is 8.92. The molecule has 0 N–H and O–H groups in total. The van der Waals surface area contributed by atoms with E-state index in [1.807, 2.05) is 18.2 Å². The van der Waals surface area contributed by atoms with Gasteiger partial charge < -0.3 is 4.74 Å². The molecule has 120 valence electrons. The average Bonchev–Trinajstić information content (AvgIpc) is 2.96. The van der Waals surface area contributed by atoms with Crippen molar-refractivity contribution >= 4 is 33.2 Å². The molecule has 2 aromatic carbocycles. The first-order chi connectivity index (χ1) is 10.9. The van der Waals surface area contributed by atoms with Gasteiger partial charge in [0, 0.05) is 17.0 Å². The summed E-state index contributed by atoms with van der Waals surface area (Å²) in [5, 5.41) is 1.03. The topological polar surface area (TPSA) is 22.1 Å². The highest BCUT2D eigenvalue weighted by atomic mass is 35.5. The smallest absolute Gasteiger partial charge is 0.124 e. The second-order valence-electron chi connectivity index (χ2n) is 6.62. The van der Waals surface area contributed by atoms with Gasteiger partial charge in [-0.3, -0.25) is 0 Å². The van der Waals surface area contributed by atoms with E-state index in [9.17, 15) is 0 Å². The van der Waals surface area contributed by atoms with Crippen LogP contribution in [0, 0.1) is 0 Å². The van der Waals surface area contributed by atoms with E-state index in [4.69, 9.17) is 21.3 Å². The summed E-state index contributed by atoms with van der Waals surface area (Å²) in [6.07, 6.45) is 0. The Morgan fingerprint density at radius 3 is 2.57 bits per heavy atom. The van der Waals surface area contributed by atoms with E-state index in [-0.39, 0.29) is 5.41 Å². The van der Waals surface area contributed by atoms with Gasteiger partial charge in [-0.25, -0.2) is 4.98 Å². The molecule has 0 radical (unpaired) electrons. The fourth-order valence-corrected chi connectivity index (χ4v) is 3.79. The number of fused-ring (bicyclic) bond motifs is 1. The van der Waals surface area contributed by atoms with Crippen molar-refractivity contribution in [1.29, 1.82) is 0 Å². The number of benzene rings is 2. The molecule has 4 heteroatoms. The molecule has 0 amide bonds. The minimum atomic E-state index is 0.0177. The van der Waals surface area contributed by atoms with Crippen LogP contribution in [0.5, 0.6) is 5.75 Å². The molecule has 1 heterocycles. The van der Waals surface area contributed by atoms with E-state index < -0.39 is 0 Å². The van der Waals surface area contributed by atoms with Crippen molar-refractivity contribution in [2.75, 3.05) is 7.11 Å². The third-order valence-electron chi connectivity index (χ3n) is 3.86. The zero-order chi connectivity index (χ0) is 16.6. The van der Waals surface area contributed by atoms with Crippen LogP contribution in [-0.4, -0.2) is 12.1 Å². The van der Waals surface area contributed by atoms with Crippen LogP contribution in [0.1, 0.15) is 31.9 Å². The summed E-state index contributed by atoms with van der Waals surface area (Å²) in [6.45, 7) is 6.58. The molecule has 23 heavy (non-hydrogen) atoms. The summed E-state index contributed by atoms with van der Waals surface area (Å²) < 4.78 is 6.69. The SMILES string of the molecule is COc1ccc(-c2nc3ccc(CCl)cc3s2)cc1C(C)(C)C. The van der Waals surface area contributed by atoms with Gasteiger partial charge >= 0.3 is 0 Å². The molecule has 1 aromatic heterocycles. The Morgan fingerprint density at radius 2 is 1.91 bits per heavy atom. The Kier molecular flexibility index (Phi) is 4.35. The zero-order valence-electron chi connectivity index (χ0n) is 13.8. The quantitative estimate of drug-likeness (QED) is 0.542. The summed E-state index contributed by atoms with van der Waals surface area (Å²) >= 11 is 7.63. The van der Waals surface area contributed by atoms with Crippen molar-refractivity contribution in [3.05, 3.63) is 47.5 Å². The predicted molar refractivity (Wildman–Crippen MR) is 99.9 cm³/mol. The number of rotatable bonds is 3. The third-order valence-corrected chi connectivity index (χ3v) is 5.24. The Hall–Kier alpha value is -1.58. The largest absolute Gasteiger partial charge is 0.496 e. The number of hydrogen-bond acceptors (Lipinski definition) is 3. The minimum absolute atomic E-state index is 0.0177. The molecule has 0 fully saturated rings. The molecule has 0 aliphatic rings. The molecule has 0 aliphatic heterocycles. The first kappa shape index (κ1) is 16.3. The van der Waals surface area contributed by atoms with Crippen molar-refractivity contribution in [3.63, 3.8) is 0 Å². The molecule has 0 saturated carbocycles. The first-order valence-electron chi connectivity index (χ1n) is 7.56. The Labute approximate surface area is 146 Å². The molecule has 3 rings (SSSR count). The van der Waals surface area contributed by atoms with Crippen LogP contribution in [-0.2, 0) is 11.3 Å². The Bertz CT molecular complexity index is 848. The van der Waals surface area contributed by atoms with Crippen LogP contribution >= 0.6 is 22.9 Å². The summed E-state index contributed by atoms with van der Waals surface area (Å²) in [4.78, 5) is 4.77. The van der Waals surface area contributed by atoms with Crippen LogP contribution < -0.4 is 4.74 Å². The van der Waals surface area contributed by atoms with Gasteiger partial charge in [-0.2, -0.15) is 0 Å². The Balaban J connectivity index is 2.11. The normalized spacial score (nSPS) is 11.9. The second kappa shape index (κ2) is 6.14. The van der Waals surface area contributed by atoms with Gasteiger partial charge in [-0.15, -0.1) is 22.9 Å². The van der Waals surface area contributed by atoms with E-state index >= 15 is 0 Å². The maximum absolute atomic E-state index is 5.93. The molecule has 0 unspecified atom stereocenters. The van der Waals surface area contributed by atoms with Gasteiger partial charge in [-0.1, -0.05) is 26.8 Å². The summed E-state index contributed by atoms with van der Waals surface area (Å²) in [5.41, 5.74) is 4.48. The van der Waals surface area contributed by atoms with Crippen LogP contribution in [0.25, 0.3) is 20.8 Å². The fourth-order valence-electron chi connectivity index (χ4n) is 2.60. The molecular formula is C19H20ClNOS. The van der Waals surface area contributed by atoms with Gasteiger partial charge in [0.2, 0.25) is 0 Å². The minimum Gasteiger partial charge on any atom is -0.496 e. The van der Waals surface area contributed by atoms with Crippen molar-refractivity contribution < 1.29 is 4.74 Å². The number of hydrogen-bond donors (Lipinski definition) is 0. The van der Waals surface area contributed by atoms with Gasteiger partial charge in [0.15, 0.2) is 0 Å². The number of aromatic nitrogens is 1. The van der Waals surface area contributed by atoms with Crippen LogP contribution in [0.15, 0.2) is 36.4 Å². The van der Waals surface area contributed by atoms with E-state index in [1.165, 1.54) is 10.3 Å². The summed E-state index contributed by atoms with van der Waals surface area (Å²) in [6, 6.07) is 12.5. The summed E-state index contributed by atoms with van der Waals surface area (Å²) in [5.74, 6) is 1.45. The van der Waals surface area contributed by atoms with Gasteiger partial charge in [0.05, 0.1) is 17.3 Å². The second-order valence-corrected chi connectivity index (χ2v) is 7.92. The van der Waals surface area contributed by atoms with Crippen molar-refractivity contribution in [2.24, 2.45) is 0 Å². The average molecular weight is 346 g/mol. The standard InChI is InChI=1S/C19H20ClNOS/c1-19(2,3)14-10-13(6-8-16(14)22-4)18-21-15-7-5-12(11-20)9-17(15)23-18/h5-10H,11H2,1-4H3. The molecule has 3 aromatic rings. The van der Waals surface area contributed by atoms with E-state index in [0.29, 0.717) is 5.88 Å². The highest BCUT2D eigenvalue weighted by Gasteiger charge is 2.20. The molecule has 0 aliphatic carbocycles. The number of alkyl halides is 1. The lowest BCUT2D eigenvalue weighted by Crippen LogP contribution is -2.12. The molecule has 0 spiro atoms. The molecule has 0 saturated heterocycles. The van der Waals surface area contributed by atoms with Crippen LogP contribution in [0.3, 0.4) is 0 Å². The van der Waals surface area contributed by atoms with E-state index in [2.05, 4.69) is 39.0 Å². The highest BCUT2D eigenvalue weighted by Crippen LogP contribution is 2.37. The van der Waals surface area contributed by atoms with E-state index in [1.54, 1.807) is 18.4 Å².